The molecule has 50 valence electrons. The normalized spacial score (nSPS) is 16.7. The van der Waals surface area contributed by atoms with Crippen LogP contribution < -0.4 is 0 Å². The van der Waals surface area contributed by atoms with E-state index < -0.39 is 0 Å². The lowest BCUT2D eigenvalue weighted by Crippen LogP contribution is -1.65. The van der Waals surface area contributed by atoms with Crippen LogP contribution in [0.25, 0.3) is 0 Å². The molecular weight excluding hydrogens is 108 g/mol. The first-order valence-corrected chi connectivity index (χ1v) is 3.67. The van der Waals surface area contributed by atoms with Gasteiger partial charge in [0.1, 0.15) is 0 Å². The Balaban J connectivity index is 2.22. The average molecular weight is 122 g/mol. The van der Waals surface area contributed by atoms with Crippen molar-refractivity contribution in [3.8, 4) is 0 Å². The van der Waals surface area contributed by atoms with Crippen LogP contribution in [0.15, 0.2) is 17.4 Å². The minimum absolute atomic E-state index is 1.01. The van der Waals surface area contributed by atoms with E-state index in [1.54, 1.807) is 0 Å². The van der Waals surface area contributed by atoms with Gasteiger partial charge in [0.2, 0.25) is 0 Å². The zero-order valence-corrected chi connectivity index (χ0v) is 6.28. The molecule has 0 heteroatoms. The van der Waals surface area contributed by atoms with Gasteiger partial charge in [0.25, 0.3) is 0 Å². The van der Waals surface area contributed by atoms with E-state index in [1.165, 1.54) is 24.8 Å². The quantitative estimate of drug-likeness (QED) is 0.494. The van der Waals surface area contributed by atoms with Gasteiger partial charge in [-0.1, -0.05) is 0 Å². The Morgan fingerprint density at radius 3 is 2.67 bits per heavy atom. The standard InChI is InChI=1S/C9H14/c1-8(2)4-3-5-9-6-7-9/h3,9H,5-7H2,1-2H3. The van der Waals surface area contributed by atoms with Gasteiger partial charge in [-0.3, -0.25) is 0 Å². The third-order valence-electron chi connectivity index (χ3n) is 1.54. The highest BCUT2D eigenvalue weighted by Gasteiger charge is 2.18. The van der Waals surface area contributed by atoms with E-state index in [-0.39, 0.29) is 0 Å². The van der Waals surface area contributed by atoms with E-state index in [1.807, 2.05) is 0 Å². The molecular formula is C9H14. The molecule has 0 bridgehead atoms. The van der Waals surface area contributed by atoms with Gasteiger partial charge in [0.15, 0.2) is 0 Å². The second-order valence-corrected chi connectivity index (χ2v) is 3.03. The molecule has 0 aromatic rings. The van der Waals surface area contributed by atoms with E-state index in [0.717, 1.165) is 5.92 Å². The average Bonchev–Trinajstić information content (AvgIpc) is 2.48. The van der Waals surface area contributed by atoms with Crippen molar-refractivity contribution in [2.45, 2.75) is 33.1 Å². The van der Waals surface area contributed by atoms with Gasteiger partial charge < -0.3 is 0 Å². The van der Waals surface area contributed by atoms with Crippen LogP contribution in [0.2, 0.25) is 0 Å². The van der Waals surface area contributed by atoms with Gasteiger partial charge in [-0.05, 0) is 50.7 Å². The molecule has 1 fully saturated rings. The maximum atomic E-state index is 3.21. The van der Waals surface area contributed by atoms with E-state index in [0.29, 0.717) is 0 Å². The van der Waals surface area contributed by atoms with Gasteiger partial charge in [-0.2, -0.15) is 0 Å². The van der Waals surface area contributed by atoms with Crippen molar-refractivity contribution in [2.24, 2.45) is 5.92 Å². The molecule has 0 N–H and O–H groups in total. The van der Waals surface area contributed by atoms with Crippen molar-refractivity contribution < 1.29 is 0 Å². The summed E-state index contributed by atoms with van der Waals surface area (Å²) < 4.78 is 0. The number of allylic oxidation sites excluding steroid dienone is 1. The van der Waals surface area contributed by atoms with E-state index in [4.69, 9.17) is 0 Å². The molecule has 1 rings (SSSR count). The smallest absolute Gasteiger partial charge is 0.0246 e. The van der Waals surface area contributed by atoms with E-state index in [2.05, 4.69) is 25.7 Å². The summed E-state index contributed by atoms with van der Waals surface area (Å²) in [4.78, 5) is 0. The van der Waals surface area contributed by atoms with Crippen LogP contribution >= 0.6 is 0 Å². The van der Waals surface area contributed by atoms with Crippen molar-refractivity contribution in [3.05, 3.63) is 17.4 Å². The Kier molecular flexibility index (Phi) is 2.13. The van der Waals surface area contributed by atoms with Crippen LogP contribution in [0.5, 0.6) is 0 Å². The molecule has 0 atom stereocenters. The van der Waals surface area contributed by atoms with Gasteiger partial charge in [0.05, 0.1) is 0 Å². The Morgan fingerprint density at radius 2 is 2.22 bits per heavy atom. The molecule has 0 aromatic carbocycles. The van der Waals surface area contributed by atoms with Crippen molar-refractivity contribution in [1.82, 2.24) is 0 Å². The van der Waals surface area contributed by atoms with Gasteiger partial charge in [-0.25, -0.2) is 0 Å². The zero-order chi connectivity index (χ0) is 6.69. The Hall–Kier alpha value is -0.480. The highest BCUT2D eigenvalue weighted by atomic mass is 14.2. The summed E-state index contributed by atoms with van der Waals surface area (Å²) in [6, 6.07) is 0. The van der Waals surface area contributed by atoms with E-state index >= 15 is 0 Å². The summed E-state index contributed by atoms with van der Waals surface area (Å²) in [5.74, 6) is 1.01. The predicted octanol–water partition coefficient (Wildman–Crippen LogP) is 2.91. The van der Waals surface area contributed by atoms with Crippen molar-refractivity contribution in [3.63, 3.8) is 0 Å². The minimum Gasteiger partial charge on any atom is -0.127 e. The fourth-order valence-electron chi connectivity index (χ4n) is 0.783. The van der Waals surface area contributed by atoms with Crippen LogP contribution in [0.3, 0.4) is 0 Å². The molecule has 0 saturated heterocycles. The van der Waals surface area contributed by atoms with Crippen molar-refractivity contribution >= 4 is 0 Å². The molecule has 0 unspecified atom stereocenters. The third kappa shape index (κ3) is 3.16. The number of hydrogen-bond acceptors (Lipinski definition) is 0. The van der Waals surface area contributed by atoms with Gasteiger partial charge >= 0.3 is 0 Å². The van der Waals surface area contributed by atoms with Gasteiger partial charge in [0, 0.05) is 0 Å². The topological polar surface area (TPSA) is 0 Å². The molecule has 1 aliphatic rings. The van der Waals surface area contributed by atoms with Crippen molar-refractivity contribution in [2.75, 3.05) is 0 Å². The summed E-state index contributed by atoms with van der Waals surface area (Å²) in [6.07, 6.45) is 6.32. The summed E-state index contributed by atoms with van der Waals surface area (Å²) >= 11 is 0. The van der Waals surface area contributed by atoms with Gasteiger partial charge in [-0.15, -0.1) is 5.73 Å². The molecule has 0 spiro atoms. The molecule has 0 aromatic heterocycles. The SMILES string of the molecule is CC(C)=C=CCC1CC1. The maximum absolute atomic E-state index is 3.21. The fraction of sp³-hybridized carbons (Fsp3) is 0.667. The van der Waals surface area contributed by atoms with Crippen LogP contribution in [-0.4, -0.2) is 0 Å². The van der Waals surface area contributed by atoms with Crippen LogP contribution in [0, 0.1) is 5.92 Å². The molecule has 0 heterocycles. The molecule has 0 aliphatic heterocycles. The van der Waals surface area contributed by atoms with Crippen molar-refractivity contribution in [1.29, 1.82) is 0 Å². The number of rotatable bonds is 2. The molecule has 0 radical (unpaired) electrons. The molecule has 1 aliphatic carbocycles. The first-order valence-electron chi connectivity index (χ1n) is 3.67. The molecule has 0 amide bonds. The summed E-state index contributed by atoms with van der Waals surface area (Å²) in [5, 5.41) is 0. The minimum atomic E-state index is 1.01. The largest absolute Gasteiger partial charge is 0.127 e. The Labute approximate surface area is 57.3 Å². The highest BCUT2D eigenvalue weighted by Crippen LogP contribution is 2.32. The van der Waals surface area contributed by atoms with Crippen LogP contribution in [0.1, 0.15) is 33.1 Å². The lowest BCUT2D eigenvalue weighted by Gasteiger charge is -1.81. The van der Waals surface area contributed by atoms with E-state index in [9.17, 15) is 0 Å². The lowest BCUT2D eigenvalue weighted by molar-refractivity contribution is 0.863. The summed E-state index contributed by atoms with van der Waals surface area (Å²) in [6.45, 7) is 4.17. The third-order valence-corrected chi connectivity index (χ3v) is 1.54. The van der Waals surface area contributed by atoms with Crippen LogP contribution in [0.4, 0.5) is 0 Å². The lowest BCUT2D eigenvalue weighted by atomic mass is 10.2. The summed E-state index contributed by atoms with van der Waals surface area (Å²) in [7, 11) is 0. The summed E-state index contributed by atoms with van der Waals surface area (Å²) in [5.41, 5.74) is 4.50. The first kappa shape index (κ1) is 6.64. The Morgan fingerprint density at radius 1 is 1.56 bits per heavy atom. The monoisotopic (exact) mass is 122 g/mol. The second kappa shape index (κ2) is 2.89. The molecule has 1 saturated carbocycles. The first-order chi connectivity index (χ1) is 4.29. The Bertz CT molecular complexity index is 139. The highest BCUT2D eigenvalue weighted by molar-refractivity contribution is 4.95. The number of hydrogen-bond donors (Lipinski definition) is 0. The fourth-order valence-corrected chi connectivity index (χ4v) is 0.783. The molecule has 0 nitrogen and oxygen atoms in total. The van der Waals surface area contributed by atoms with Crippen LogP contribution in [-0.2, 0) is 0 Å². The second-order valence-electron chi connectivity index (χ2n) is 3.03. The molecule has 9 heavy (non-hydrogen) atoms. The zero-order valence-electron chi connectivity index (χ0n) is 6.28. The maximum Gasteiger partial charge on any atom is -0.0246 e. The predicted molar refractivity (Wildman–Crippen MR) is 40.3 cm³/mol.